The Labute approximate surface area is 220 Å². The summed E-state index contributed by atoms with van der Waals surface area (Å²) in [6, 6.07) is 24.9. The highest BCUT2D eigenvalue weighted by atomic mass is 16.5. The molecule has 3 aromatic carbocycles. The standard InChI is InChI=1S/C32H37N3O2/c1-23-10-9-11-26(20-23)35-22-24(21-30(35)36)31-33-28-12-5-6-13-29(28)34(31)18-7-8-19-37-27-16-14-25(15-17-27)32(2,3)4/h5-6,9-17,20,24H,7-8,18-19,21-22H2,1-4H3. The van der Waals surface area contributed by atoms with E-state index in [0.717, 1.165) is 53.2 Å². The van der Waals surface area contributed by atoms with Crippen LogP contribution in [0.1, 0.15) is 62.9 Å². The number of unbranched alkanes of at least 4 members (excludes halogenated alkanes) is 1. The maximum Gasteiger partial charge on any atom is 0.227 e. The molecule has 192 valence electrons. The Morgan fingerprint density at radius 2 is 1.76 bits per heavy atom. The normalized spacial score (nSPS) is 16.1. The number of hydrogen-bond acceptors (Lipinski definition) is 3. The van der Waals surface area contributed by atoms with E-state index in [9.17, 15) is 4.79 Å². The molecule has 1 aliphatic rings. The summed E-state index contributed by atoms with van der Waals surface area (Å²) in [6.07, 6.45) is 2.42. The zero-order valence-corrected chi connectivity index (χ0v) is 22.4. The van der Waals surface area contributed by atoms with Crippen molar-refractivity contribution in [2.24, 2.45) is 0 Å². The molecule has 0 radical (unpaired) electrons. The highest BCUT2D eigenvalue weighted by molar-refractivity contribution is 5.96. The molecule has 37 heavy (non-hydrogen) atoms. The number of para-hydroxylation sites is 2. The number of rotatable bonds is 8. The van der Waals surface area contributed by atoms with Gasteiger partial charge in [-0.25, -0.2) is 4.98 Å². The highest BCUT2D eigenvalue weighted by Gasteiger charge is 2.34. The van der Waals surface area contributed by atoms with Crippen LogP contribution in [0.3, 0.4) is 0 Å². The van der Waals surface area contributed by atoms with Crippen molar-refractivity contribution in [2.45, 2.75) is 64.8 Å². The van der Waals surface area contributed by atoms with Gasteiger partial charge >= 0.3 is 0 Å². The fourth-order valence-electron chi connectivity index (χ4n) is 5.18. The fourth-order valence-corrected chi connectivity index (χ4v) is 5.18. The van der Waals surface area contributed by atoms with Crippen LogP contribution < -0.4 is 9.64 Å². The molecule has 4 aromatic rings. The molecule has 1 aliphatic heterocycles. The summed E-state index contributed by atoms with van der Waals surface area (Å²) >= 11 is 0. The lowest BCUT2D eigenvalue weighted by molar-refractivity contribution is -0.117. The molecule has 1 fully saturated rings. The van der Waals surface area contributed by atoms with Gasteiger partial charge in [0, 0.05) is 31.1 Å². The summed E-state index contributed by atoms with van der Waals surface area (Å²) in [4.78, 5) is 19.9. The van der Waals surface area contributed by atoms with Gasteiger partial charge in [0.25, 0.3) is 0 Å². The maximum atomic E-state index is 13.0. The predicted molar refractivity (Wildman–Crippen MR) is 150 cm³/mol. The predicted octanol–water partition coefficient (Wildman–Crippen LogP) is 7.02. The Kier molecular flexibility index (Phi) is 7.05. The Bertz CT molecular complexity index is 1380. The van der Waals surface area contributed by atoms with Crippen molar-refractivity contribution in [3.05, 3.63) is 89.7 Å². The van der Waals surface area contributed by atoms with E-state index in [1.54, 1.807) is 0 Å². The lowest BCUT2D eigenvalue weighted by Crippen LogP contribution is -2.24. The number of aryl methyl sites for hydroxylation is 2. The third-order valence-corrected chi connectivity index (χ3v) is 7.25. The van der Waals surface area contributed by atoms with Crippen LogP contribution in [0.2, 0.25) is 0 Å². The average molecular weight is 496 g/mol. The van der Waals surface area contributed by atoms with Crippen molar-refractivity contribution in [1.82, 2.24) is 9.55 Å². The summed E-state index contributed by atoms with van der Waals surface area (Å²) in [6.45, 7) is 10.9. The first-order valence-corrected chi connectivity index (χ1v) is 13.3. The van der Waals surface area contributed by atoms with Crippen LogP contribution in [0.15, 0.2) is 72.8 Å². The average Bonchev–Trinajstić information content (AvgIpc) is 3.44. The number of hydrogen-bond donors (Lipinski definition) is 0. The number of ether oxygens (including phenoxy) is 1. The maximum absolute atomic E-state index is 13.0. The fraction of sp³-hybridized carbons (Fsp3) is 0.375. The van der Waals surface area contributed by atoms with Crippen molar-refractivity contribution in [3.8, 4) is 5.75 Å². The van der Waals surface area contributed by atoms with Crippen LogP contribution >= 0.6 is 0 Å². The highest BCUT2D eigenvalue weighted by Crippen LogP contribution is 2.33. The zero-order valence-electron chi connectivity index (χ0n) is 22.4. The van der Waals surface area contributed by atoms with Gasteiger partial charge in [0.2, 0.25) is 5.91 Å². The number of fused-ring (bicyclic) bond motifs is 1. The third kappa shape index (κ3) is 5.56. The van der Waals surface area contributed by atoms with Gasteiger partial charge in [0.15, 0.2) is 0 Å². The number of nitrogens with zero attached hydrogens (tertiary/aromatic N) is 3. The SMILES string of the molecule is Cc1cccc(N2CC(c3nc4ccccc4n3CCCCOc3ccc(C(C)(C)C)cc3)CC2=O)c1. The van der Waals surface area contributed by atoms with Gasteiger partial charge in [-0.1, -0.05) is 57.2 Å². The molecule has 1 saturated heterocycles. The van der Waals surface area contributed by atoms with Gasteiger partial charge in [-0.3, -0.25) is 4.79 Å². The van der Waals surface area contributed by atoms with Gasteiger partial charge < -0.3 is 14.2 Å². The molecule has 5 rings (SSSR count). The molecule has 0 aliphatic carbocycles. The minimum atomic E-state index is 0.0815. The molecule has 5 nitrogen and oxygen atoms in total. The van der Waals surface area contributed by atoms with Crippen LogP contribution in [0, 0.1) is 6.92 Å². The summed E-state index contributed by atoms with van der Waals surface area (Å²) in [7, 11) is 0. The van der Waals surface area contributed by atoms with Gasteiger partial charge in [-0.05, 0) is 72.7 Å². The van der Waals surface area contributed by atoms with Crippen LogP contribution in [0.25, 0.3) is 11.0 Å². The van der Waals surface area contributed by atoms with Crippen LogP contribution in [0.5, 0.6) is 5.75 Å². The molecule has 1 unspecified atom stereocenters. The largest absolute Gasteiger partial charge is 0.494 e. The molecule has 0 spiro atoms. The van der Waals surface area contributed by atoms with Crippen molar-refractivity contribution in [1.29, 1.82) is 0 Å². The van der Waals surface area contributed by atoms with E-state index < -0.39 is 0 Å². The summed E-state index contributed by atoms with van der Waals surface area (Å²) in [5, 5.41) is 0. The first-order chi connectivity index (χ1) is 17.8. The lowest BCUT2D eigenvalue weighted by Gasteiger charge is -2.19. The van der Waals surface area contributed by atoms with Crippen molar-refractivity contribution >= 4 is 22.6 Å². The number of carbonyl (C=O) groups excluding carboxylic acids is 1. The Hall–Kier alpha value is -3.60. The Morgan fingerprint density at radius 3 is 2.51 bits per heavy atom. The van der Waals surface area contributed by atoms with Crippen molar-refractivity contribution in [3.63, 3.8) is 0 Å². The van der Waals surface area contributed by atoms with Crippen LogP contribution in [-0.2, 0) is 16.8 Å². The van der Waals surface area contributed by atoms with Crippen molar-refractivity contribution in [2.75, 3.05) is 18.1 Å². The second-order valence-electron chi connectivity index (χ2n) is 11.2. The molecule has 0 saturated carbocycles. The molecule has 0 N–H and O–H groups in total. The lowest BCUT2D eigenvalue weighted by atomic mass is 9.87. The van der Waals surface area contributed by atoms with E-state index in [-0.39, 0.29) is 17.2 Å². The molecule has 5 heteroatoms. The first kappa shape index (κ1) is 25.1. The number of aromatic nitrogens is 2. The smallest absolute Gasteiger partial charge is 0.227 e. The molecule has 1 atom stereocenters. The number of imidazole rings is 1. The molecule has 2 heterocycles. The van der Waals surface area contributed by atoms with Gasteiger partial charge in [-0.2, -0.15) is 0 Å². The van der Waals surface area contributed by atoms with Crippen LogP contribution in [-0.4, -0.2) is 28.6 Å². The number of amides is 1. The number of anilines is 1. The molecular formula is C32H37N3O2. The summed E-state index contributed by atoms with van der Waals surface area (Å²) in [5.74, 6) is 2.18. The van der Waals surface area contributed by atoms with Gasteiger partial charge in [0.1, 0.15) is 11.6 Å². The summed E-state index contributed by atoms with van der Waals surface area (Å²) in [5.41, 5.74) is 5.72. The van der Waals surface area contributed by atoms with E-state index in [0.29, 0.717) is 19.6 Å². The van der Waals surface area contributed by atoms with Gasteiger partial charge in [-0.15, -0.1) is 0 Å². The monoisotopic (exact) mass is 495 g/mol. The van der Waals surface area contributed by atoms with E-state index in [2.05, 4.69) is 86.9 Å². The number of benzene rings is 3. The van der Waals surface area contributed by atoms with E-state index >= 15 is 0 Å². The van der Waals surface area contributed by atoms with Crippen molar-refractivity contribution < 1.29 is 9.53 Å². The third-order valence-electron chi connectivity index (χ3n) is 7.25. The minimum absolute atomic E-state index is 0.0815. The topological polar surface area (TPSA) is 47.4 Å². The zero-order chi connectivity index (χ0) is 26.0. The minimum Gasteiger partial charge on any atom is -0.494 e. The number of carbonyl (C=O) groups is 1. The van der Waals surface area contributed by atoms with E-state index in [1.807, 2.05) is 23.1 Å². The van der Waals surface area contributed by atoms with E-state index in [1.165, 1.54) is 5.56 Å². The summed E-state index contributed by atoms with van der Waals surface area (Å²) < 4.78 is 8.35. The molecule has 1 amide bonds. The first-order valence-electron chi connectivity index (χ1n) is 13.3. The van der Waals surface area contributed by atoms with E-state index in [4.69, 9.17) is 9.72 Å². The second-order valence-corrected chi connectivity index (χ2v) is 11.2. The van der Waals surface area contributed by atoms with Crippen LogP contribution in [0.4, 0.5) is 5.69 Å². The molecular weight excluding hydrogens is 458 g/mol. The Morgan fingerprint density at radius 1 is 0.973 bits per heavy atom. The molecule has 1 aromatic heterocycles. The Balaban J connectivity index is 1.25. The quantitative estimate of drug-likeness (QED) is 0.247. The molecule has 0 bridgehead atoms. The second kappa shape index (κ2) is 10.4. The van der Waals surface area contributed by atoms with Gasteiger partial charge in [0.05, 0.1) is 17.6 Å².